The molecular formula is C30H41N3O6S. The third kappa shape index (κ3) is 7.03. The molecule has 0 bridgehead atoms. The highest BCUT2D eigenvalue weighted by Gasteiger charge is 2.49. The van der Waals surface area contributed by atoms with Crippen LogP contribution in [-0.4, -0.2) is 83.2 Å². The second-order valence-corrected chi connectivity index (χ2v) is 14.5. The van der Waals surface area contributed by atoms with E-state index >= 15 is 0 Å². The van der Waals surface area contributed by atoms with E-state index in [0.717, 1.165) is 5.56 Å². The number of phenolic OH excluding ortho intramolecular Hbond substituents is 1. The zero-order chi connectivity index (χ0) is 29.2. The molecule has 2 amide bonds. The number of fused-ring (bicyclic) bond motifs is 1. The Bertz CT molecular complexity index is 1320. The van der Waals surface area contributed by atoms with Crippen LogP contribution >= 0.6 is 0 Å². The normalized spacial score (nSPS) is 24.1. The summed E-state index contributed by atoms with van der Waals surface area (Å²) in [5.41, 5.74) is 1.17. The number of aliphatic hydroxyl groups is 1. The summed E-state index contributed by atoms with van der Waals surface area (Å²) in [5, 5.41) is 27.0. The fourth-order valence-corrected chi connectivity index (χ4v) is 8.07. The molecule has 40 heavy (non-hydrogen) atoms. The average Bonchev–Trinajstić information content (AvgIpc) is 3.17. The Hall–Kier alpha value is -2.95. The van der Waals surface area contributed by atoms with Gasteiger partial charge in [0.2, 0.25) is 5.91 Å². The SMILES string of the molecule is Cc1c(O)cccc1C(=O)NC(Cc1ccccc1)C(O)CN1CC2CCS(=O)(=O)C2C[C@H]1C(=O)NC(C)(C)C. The topological polar surface area (TPSA) is 136 Å². The summed E-state index contributed by atoms with van der Waals surface area (Å²) in [6.45, 7) is 7.73. The molecule has 218 valence electrons. The van der Waals surface area contributed by atoms with E-state index in [0.29, 0.717) is 30.5 Å². The summed E-state index contributed by atoms with van der Waals surface area (Å²) in [6, 6.07) is 12.8. The predicted molar refractivity (Wildman–Crippen MR) is 154 cm³/mol. The van der Waals surface area contributed by atoms with Crippen molar-refractivity contribution in [1.29, 1.82) is 0 Å². The van der Waals surface area contributed by atoms with Crippen LogP contribution in [0.3, 0.4) is 0 Å². The van der Waals surface area contributed by atoms with E-state index in [4.69, 9.17) is 0 Å². The highest BCUT2D eigenvalue weighted by molar-refractivity contribution is 7.92. The quantitative estimate of drug-likeness (QED) is 0.381. The number of aliphatic hydroxyl groups excluding tert-OH is 1. The van der Waals surface area contributed by atoms with Crippen LogP contribution in [0.25, 0.3) is 0 Å². The van der Waals surface area contributed by atoms with E-state index < -0.39 is 44.7 Å². The molecule has 2 aromatic rings. The molecule has 2 heterocycles. The zero-order valence-electron chi connectivity index (χ0n) is 23.6. The van der Waals surface area contributed by atoms with Crippen molar-refractivity contribution in [3.63, 3.8) is 0 Å². The summed E-state index contributed by atoms with van der Waals surface area (Å²) in [5.74, 6) is -0.666. The van der Waals surface area contributed by atoms with Crippen molar-refractivity contribution in [2.45, 2.75) is 75.9 Å². The van der Waals surface area contributed by atoms with E-state index in [2.05, 4.69) is 10.6 Å². The lowest BCUT2D eigenvalue weighted by atomic mass is 9.89. The summed E-state index contributed by atoms with van der Waals surface area (Å²) in [6.07, 6.45) is 0.00785. The molecule has 2 aliphatic rings. The van der Waals surface area contributed by atoms with Gasteiger partial charge in [0.25, 0.3) is 5.91 Å². The molecule has 4 rings (SSSR count). The summed E-state index contributed by atoms with van der Waals surface area (Å²) in [7, 11) is -3.27. The number of hydrogen-bond acceptors (Lipinski definition) is 7. The van der Waals surface area contributed by atoms with Gasteiger partial charge in [-0.2, -0.15) is 0 Å². The number of carbonyl (C=O) groups is 2. The number of benzene rings is 2. The molecule has 2 aromatic carbocycles. The predicted octanol–water partition coefficient (Wildman–Crippen LogP) is 2.19. The summed E-state index contributed by atoms with van der Waals surface area (Å²) >= 11 is 0. The summed E-state index contributed by atoms with van der Waals surface area (Å²) in [4.78, 5) is 28.5. The zero-order valence-corrected chi connectivity index (χ0v) is 24.4. The number of carbonyl (C=O) groups excluding carboxylic acids is 2. The Kier molecular flexibility index (Phi) is 8.92. The van der Waals surface area contributed by atoms with Crippen molar-refractivity contribution in [1.82, 2.24) is 15.5 Å². The molecule has 2 fully saturated rings. The molecule has 0 aromatic heterocycles. The number of sulfone groups is 1. The van der Waals surface area contributed by atoms with Crippen LogP contribution in [0.5, 0.6) is 5.75 Å². The molecule has 0 saturated carbocycles. The maximum Gasteiger partial charge on any atom is 0.252 e. The Morgan fingerprint density at radius 2 is 1.80 bits per heavy atom. The summed E-state index contributed by atoms with van der Waals surface area (Å²) < 4.78 is 25.5. The van der Waals surface area contributed by atoms with Gasteiger partial charge in [0.1, 0.15) is 5.75 Å². The number of likely N-dealkylation sites (tertiary alicyclic amines) is 1. The second-order valence-electron chi connectivity index (χ2n) is 12.2. The first-order chi connectivity index (χ1) is 18.7. The molecule has 0 aliphatic carbocycles. The van der Waals surface area contributed by atoms with Crippen molar-refractivity contribution >= 4 is 21.7 Å². The van der Waals surface area contributed by atoms with E-state index in [1.807, 2.05) is 56.0 Å². The number of phenols is 1. The standard InChI is InChI=1S/C30H41N3O6S/c1-19-22(11-8-12-25(19)34)28(36)31-23(15-20-9-6-5-7-10-20)26(35)18-33-17-21-13-14-40(38,39)27(21)16-24(33)29(37)32-30(2,3)4/h5-12,21,23-24,26-27,34-35H,13-18H2,1-4H3,(H,31,36)(H,32,37)/t21?,23?,24-,26?,27?/m0/s1. The van der Waals surface area contributed by atoms with Crippen LogP contribution < -0.4 is 10.6 Å². The lowest BCUT2D eigenvalue weighted by Gasteiger charge is -2.42. The van der Waals surface area contributed by atoms with Gasteiger partial charge in [-0.3, -0.25) is 14.5 Å². The Labute approximate surface area is 236 Å². The Morgan fingerprint density at radius 3 is 2.48 bits per heavy atom. The first-order valence-corrected chi connectivity index (χ1v) is 15.6. The van der Waals surface area contributed by atoms with Crippen LogP contribution in [0.1, 0.15) is 55.1 Å². The van der Waals surface area contributed by atoms with E-state index in [1.54, 1.807) is 19.1 Å². The van der Waals surface area contributed by atoms with Crippen LogP contribution in [-0.2, 0) is 21.1 Å². The van der Waals surface area contributed by atoms with Crippen molar-refractivity contribution < 1.29 is 28.2 Å². The van der Waals surface area contributed by atoms with Gasteiger partial charge in [0.05, 0.1) is 29.2 Å². The van der Waals surface area contributed by atoms with E-state index in [-0.39, 0.29) is 36.3 Å². The molecule has 0 radical (unpaired) electrons. The minimum Gasteiger partial charge on any atom is -0.508 e. The van der Waals surface area contributed by atoms with Crippen molar-refractivity contribution in [3.8, 4) is 5.75 Å². The molecule has 4 unspecified atom stereocenters. The fraction of sp³-hybridized carbons (Fsp3) is 0.533. The number of nitrogens with zero attached hydrogens (tertiary/aromatic N) is 1. The van der Waals surface area contributed by atoms with Crippen molar-refractivity contribution in [2.75, 3.05) is 18.8 Å². The van der Waals surface area contributed by atoms with Gasteiger partial charge in [0.15, 0.2) is 9.84 Å². The first-order valence-electron chi connectivity index (χ1n) is 13.8. The van der Waals surface area contributed by atoms with Gasteiger partial charge in [-0.05, 0) is 70.6 Å². The number of amides is 2. The Balaban J connectivity index is 1.59. The van der Waals surface area contributed by atoms with Gasteiger partial charge >= 0.3 is 0 Å². The fourth-order valence-electron chi connectivity index (χ4n) is 5.85. The van der Waals surface area contributed by atoms with E-state index in [9.17, 15) is 28.2 Å². The van der Waals surface area contributed by atoms with Gasteiger partial charge in [-0.1, -0.05) is 36.4 Å². The third-order valence-electron chi connectivity index (χ3n) is 7.98. The number of hydrogen-bond donors (Lipinski definition) is 4. The molecule has 0 spiro atoms. The van der Waals surface area contributed by atoms with Crippen molar-refractivity contribution in [2.24, 2.45) is 5.92 Å². The average molecular weight is 572 g/mol. The highest BCUT2D eigenvalue weighted by atomic mass is 32.2. The highest BCUT2D eigenvalue weighted by Crippen LogP contribution is 2.36. The lowest BCUT2D eigenvalue weighted by Crippen LogP contribution is -2.61. The number of rotatable bonds is 8. The molecule has 5 atom stereocenters. The first kappa shape index (κ1) is 30.0. The largest absolute Gasteiger partial charge is 0.508 e. The molecule has 2 saturated heterocycles. The molecule has 2 aliphatic heterocycles. The van der Waals surface area contributed by atoms with Crippen LogP contribution in [0.2, 0.25) is 0 Å². The number of nitrogens with one attached hydrogen (secondary N) is 2. The van der Waals surface area contributed by atoms with Gasteiger partial charge in [0, 0.05) is 29.8 Å². The van der Waals surface area contributed by atoms with Gasteiger partial charge in [-0.25, -0.2) is 8.42 Å². The molecule has 10 heteroatoms. The number of β-amino-alcohol motifs (C(OH)–C–C–N with tert-alkyl or cyclic N) is 1. The van der Waals surface area contributed by atoms with E-state index in [1.165, 1.54) is 6.07 Å². The number of aromatic hydroxyl groups is 1. The van der Waals surface area contributed by atoms with Crippen LogP contribution in [0, 0.1) is 12.8 Å². The lowest BCUT2D eigenvalue weighted by molar-refractivity contribution is -0.130. The third-order valence-corrected chi connectivity index (χ3v) is 10.3. The maximum absolute atomic E-state index is 13.4. The monoisotopic (exact) mass is 571 g/mol. The van der Waals surface area contributed by atoms with Gasteiger partial charge in [-0.15, -0.1) is 0 Å². The molecule has 9 nitrogen and oxygen atoms in total. The second kappa shape index (κ2) is 11.9. The molecule has 4 N–H and O–H groups in total. The minimum absolute atomic E-state index is 0.00916. The van der Waals surface area contributed by atoms with Gasteiger partial charge < -0.3 is 20.8 Å². The Morgan fingerprint density at radius 1 is 1.10 bits per heavy atom. The minimum atomic E-state index is -3.27. The van der Waals surface area contributed by atoms with Crippen LogP contribution in [0.4, 0.5) is 0 Å². The van der Waals surface area contributed by atoms with Crippen molar-refractivity contribution in [3.05, 3.63) is 65.2 Å². The van der Waals surface area contributed by atoms with Crippen LogP contribution in [0.15, 0.2) is 48.5 Å². The maximum atomic E-state index is 13.4. The molecular weight excluding hydrogens is 530 g/mol. The smallest absolute Gasteiger partial charge is 0.252 e. The number of piperidine rings is 1.